The highest BCUT2D eigenvalue weighted by Gasteiger charge is 2.08. The van der Waals surface area contributed by atoms with Crippen molar-refractivity contribution in [3.63, 3.8) is 0 Å². The van der Waals surface area contributed by atoms with Crippen molar-refractivity contribution in [1.82, 2.24) is 0 Å². The lowest BCUT2D eigenvalue weighted by Crippen LogP contribution is -2.10. The van der Waals surface area contributed by atoms with Gasteiger partial charge in [0, 0.05) is 12.2 Å². The molecule has 1 aromatic rings. The van der Waals surface area contributed by atoms with Gasteiger partial charge < -0.3 is 5.32 Å². The molecule has 0 amide bonds. The van der Waals surface area contributed by atoms with Gasteiger partial charge in [0.2, 0.25) is 0 Å². The first-order valence-corrected chi connectivity index (χ1v) is 4.10. The molecule has 0 aliphatic carbocycles. The molecule has 0 saturated carbocycles. The largest absolute Gasteiger partial charge is 0.385 e. The summed E-state index contributed by atoms with van der Waals surface area (Å²) in [7, 11) is 0. The average Bonchev–Trinajstić information content (AvgIpc) is 2.17. The molecule has 62 valence electrons. The Morgan fingerprint density at radius 2 is 2.33 bits per heavy atom. The van der Waals surface area contributed by atoms with E-state index in [1.54, 1.807) is 6.07 Å². The molecule has 0 radical (unpaired) electrons. The molecule has 0 saturated heterocycles. The second kappa shape index (κ2) is 2.93. The van der Waals surface area contributed by atoms with Crippen molar-refractivity contribution in [2.75, 3.05) is 11.9 Å². The second-order valence-electron chi connectivity index (χ2n) is 2.96. The number of anilines is 1. The summed E-state index contributed by atoms with van der Waals surface area (Å²) >= 11 is 0. The fourth-order valence-electron chi connectivity index (χ4n) is 1.51. The van der Waals surface area contributed by atoms with Crippen LogP contribution in [0.3, 0.4) is 0 Å². The SMILES string of the molecule is O=Nc1ccc2c(c1)NCCC2. The number of nitrogens with zero attached hydrogens (tertiary/aromatic N) is 1. The lowest BCUT2D eigenvalue weighted by atomic mass is 10.0. The zero-order valence-corrected chi connectivity index (χ0v) is 6.71. The molecule has 2 rings (SSSR count). The Kier molecular flexibility index (Phi) is 1.78. The summed E-state index contributed by atoms with van der Waals surface area (Å²) in [6.07, 6.45) is 2.27. The molecule has 1 aromatic carbocycles. The summed E-state index contributed by atoms with van der Waals surface area (Å²) in [4.78, 5) is 10.2. The molecule has 1 aliphatic rings. The third-order valence-electron chi connectivity index (χ3n) is 2.14. The summed E-state index contributed by atoms with van der Waals surface area (Å²) in [5.74, 6) is 0. The van der Waals surface area contributed by atoms with Gasteiger partial charge in [-0.2, -0.15) is 0 Å². The Hall–Kier alpha value is -1.38. The molecule has 1 N–H and O–H groups in total. The quantitative estimate of drug-likeness (QED) is 0.644. The maximum atomic E-state index is 10.2. The molecule has 3 heteroatoms. The van der Waals surface area contributed by atoms with E-state index >= 15 is 0 Å². The van der Waals surface area contributed by atoms with Crippen molar-refractivity contribution in [3.05, 3.63) is 28.7 Å². The highest BCUT2D eigenvalue weighted by atomic mass is 16.3. The first-order chi connectivity index (χ1) is 5.90. The predicted octanol–water partition coefficient (Wildman–Crippen LogP) is 2.44. The van der Waals surface area contributed by atoms with E-state index in [1.807, 2.05) is 12.1 Å². The molecule has 12 heavy (non-hydrogen) atoms. The van der Waals surface area contributed by atoms with Crippen molar-refractivity contribution >= 4 is 11.4 Å². The van der Waals surface area contributed by atoms with Crippen LogP contribution < -0.4 is 5.32 Å². The van der Waals surface area contributed by atoms with Gasteiger partial charge in [0.05, 0.1) is 0 Å². The number of rotatable bonds is 1. The third-order valence-corrected chi connectivity index (χ3v) is 2.14. The van der Waals surface area contributed by atoms with E-state index in [-0.39, 0.29) is 0 Å². The van der Waals surface area contributed by atoms with Gasteiger partial charge in [0.25, 0.3) is 0 Å². The number of hydrogen-bond donors (Lipinski definition) is 1. The van der Waals surface area contributed by atoms with Crippen LogP contribution in [0.25, 0.3) is 0 Å². The molecule has 0 unspecified atom stereocenters. The van der Waals surface area contributed by atoms with Crippen molar-refractivity contribution in [2.45, 2.75) is 12.8 Å². The van der Waals surface area contributed by atoms with Crippen LogP contribution in [0.5, 0.6) is 0 Å². The molecule has 1 heterocycles. The van der Waals surface area contributed by atoms with Gasteiger partial charge in [-0.1, -0.05) is 6.07 Å². The zero-order valence-electron chi connectivity index (χ0n) is 6.71. The highest BCUT2D eigenvalue weighted by molar-refractivity contribution is 5.60. The van der Waals surface area contributed by atoms with Gasteiger partial charge in [-0.3, -0.25) is 0 Å². The maximum absolute atomic E-state index is 10.2. The molecular formula is C9H10N2O. The van der Waals surface area contributed by atoms with Crippen molar-refractivity contribution in [3.8, 4) is 0 Å². The maximum Gasteiger partial charge on any atom is 0.110 e. The minimum Gasteiger partial charge on any atom is -0.385 e. The van der Waals surface area contributed by atoms with E-state index in [9.17, 15) is 4.91 Å². The van der Waals surface area contributed by atoms with Crippen LogP contribution in [0.2, 0.25) is 0 Å². The van der Waals surface area contributed by atoms with E-state index in [1.165, 1.54) is 12.0 Å². The van der Waals surface area contributed by atoms with Gasteiger partial charge in [-0.05, 0) is 35.7 Å². The zero-order chi connectivity index (χ0) is 8.39. The lowest BCUT2D eigenvalue weighted by Gasteiger charge is -2.17. The summed E-state index contributed by atoms with van der Waals surface area (Å²) in [5.41, 5.74) is 2.86. The first-order valence-electron chi connectivity index (χ1n) is 4.10. The smallest absolute Gasteiger partial charge is 0.110 e. The summed E-state index contributed by atoms with van der Waals surface area (Å²) < 4.78 is 0. The fourth-order valence-corrected chi connectivity index (χ4v) is 1.51. The van der Waals surface area contributed by atoms with Gasteiger partial charge in [-0.15, -0.1) is 4.91 Å². The number of fused-ring (bicyclic) bond motifs is 1. The van der Waals surface area contributed by atoms with Gasteiger partial charge in [-0.25, -0.2) is 0 Å². The van der Waals surface area contributed by atoms with Crippen LogP contribution in [-0.4, -0.2) is 6.54 Å². The van der Waals surface area contributed by atoms with Crippen LogP contribution in [-0.2, 0) is 6.42 Å². The molecular weight excluding hydrogens is 152 g/mol. The van der Waals surface area contributed by atoms with E-state index in [2.05, 4.69) is 10.5 Å². The van der Waals surface area contributed by atoms with Crippen molar-refractivity contribution < 1.29 is 0 Å². The molecule has 1 aliphatic heterocycles. The summed E-state index contributed by atoms with van der Waals surface area (Å²) in [5, 5.41) is 6.13. The first kappa shape index (κ1) is 7.28. The minimum absolute atomic E-state index is 0.503. The number of hydrogen-bond acceptors (Lipinski definition) is 3. The minimum atomic E-state index is 0.503. The summed E-state index contributed by atoms with van der Waals surface area (Å²) in [6, 6.07) is 5.54. The average molecular weight is 162 g/mol. The van der Waals surface area contributed by atoms with Gasteiger partial charge >= 0.3 is 0 Å². The number of benzene rings is 1. The molecule has 0 bridgehead atoms. The molecule has 0 atom stereocenters. The fraction of sp³-hybridized carbons (Fsp3) is 0.333. The van der Waals surface area contributed by atoms with E-state index in [4.69, 9.17) is 0 Å². The molecule has 0 fully saturated rings. The number of aryl methyl sites for hydroxylation is 1. The highest BCUT2D eigenvalue weighted by Crippen LogP contribution is 2.26. The van der Waals surface area contributed by atoms with E-state index < -0.39 is 0 Å². The Bertz CT molecular complexity index is 309. The van der Waals surface area contributed by atoms with Crippen LogP contribution in [0.15, 0.2) is 23.4 Å². The number of nitrogens with one attached hydrogen (secondary N) is 1. The third kappa shape index (κ3) is 1.18. The van der Waals surface area contributed by atoms with Crippen LogP contribution in [0.1, 0.15) is 12.0 Å². The van der Waals surface area contributed by atoms with E-state index in [0.717, 1.165) is 18.7 Å². The molecule has 3 nitrogen and oxygen atoms in total. The molecule has 0 aromatic heterocycles. The van der Waals surface area contributed by atoms with Crippen molar-refractivity contribution in [1.29, 1.82) is 0 Å². The Morgan fingerprint density at radius 1 is 1.42 bits per heavy atom. The summed E-state index contributed by atoms with van der Waals surface area (Å²) in [6.45, 7) is 0.995. The lowest BCUT2D eigenvalue weighted by molar-refractivity contribution is 0.830. The van der Waals surface area contributed by atoms with Gasteiger partial charge in [0.1, 0.15) is 5.69 Å². The monoisotopic (exact) mass is 162 g/mol. The van der Waals surface area contributed by atoms with E-state index in [0.29, 0.717) is 5.69 Å². The van der Waals surface area contributed by atoms with Crippen LogP contribution in [0, 0.1) is 4.91 Å². The second-order valence-corrected chi connectivity index (χ2v) is 2.96. The topological polar surface area (TPSA) is 41.5 Å². The molecule has 0 spiro atoms. The van der Waals surface area contributed by atoms with Crippen molar-refractivity contribution in [2.24, 2.45) is 5.18 Å². The Morgan fingerprint density at radius 3 is 3.17 bits per heavy atom. The van der Waals surface area contributed by atoms with Crippen LogP contribution >= 0.6 is 0 Å². The number of nitroso groups, excluding NO2 is 1. The Labute approximate surface area is 70.8 Å². The predicted molar refractivity (Wildman–Crippen MR) is 48.7 cm³/mol. The van der Waals surface area contributed by atoms with Crippen LogP contribution in [0.4, 0.5) is 11.4 Å². The van der Waals surface area contributed by atoms with Gasteiger partial charge in [0.15, 0.2) is 0 Å². The Balaban J connectivity index is 2.42. The standard InChI is InChI=1S/C9H10N2O/c12-11-8-4-3-7-2-1-5-10-9(7)6-8/h3-4,6,10H,1-2,5H2. The normalized spacial score (nSPS) is 14.7.